The summed E-state index contributed by atoms with van der Waals surface area (Å²) in [4.78, 5) is 12.1. The predicted molar refractivity (Wildman–Crippen MR) is 89.2 cm³/mol. The molecule has 2 N–H and O–H groups in total. The molecule has 0 aliphatic carbocycles. The number of amides is 1. The molecule has 3 nitrogen and oxygen atoms in total. The van der Waals surface area contributed by atoms with Crippen LogP contribution in [0.4, 0.5) is 11.4 Å². The van der Waals surface area contributed by atoms with Crippen molar-refractivity contribution in [3.8, 4) is 0 Å². The Morgan fingerprint density at radius 3 is 2.10 bits per heavy atom. The normalized spacial score (nSPS) is 11.0. The summed E-state index contributed by atoms with van der Waals surface area (Å²) in [6, 6.07) is 14.6. The number of halogens is 1. The van der Waals surface area contributed by atoms with Gasteiger partial charge < -0.3 is 10.6 Å². The van der Waals surface area contributed by atoms with E-state index in [1.54, 1.807) is 24.3 Å². The number of anilines is 2. The lowest BCUT2D eigenvalue weighted by Gasteiger charge is -2.22. The molecule has 110 valence electrons. The van der Waals surface area contributed by atoms with E-state index >= 15 is 0 Å². The molecule has 0 bridgehead atoms. The van der Waals surface area contributed by atoms with Crippen molar-refractivity contribution in [1.82, 2.24) is 0 Å². The van der Waals surface area contributed by atoms with E-state index < -0.39 is 0 Å². The molecule has 0 heterocycles. The number of carbonyl (C=O) groups excluding carboxylic acids is 1. The summed E-state index contributed by atoms with van der Waals surface area (Å²) in [7, 11) is 0. The highest BCUT2D eigenvalue weighted by Gasteiger charge is 2.11. The predicted octanol–water partition coefficient (Wildman–Crippen LogP) is 4.80. The van der Waals surface area contributed by atoms with Gasteiger partial charge in [0.2, 0.25) is 0 Å². The highest BCUT2D eigenvalue weighted by molar-refractivity contribution is 6.34. The number of benzene rings is 2. The van der Waals surface area contributed by atoms with Gasteiger partial charge in [0, 0.05) is 16.9 Å². The van der Waals surface area contributed by atoms with Gasteiger partial charge in [-0.25, -0.2) is 0 Å². The van der Waals surface area contributed by atoms with Crippen LogP contribution < -0.4 is 10.6 Å². The number of hydrogen-bond acceptors (Lipinski definition) is 2. The lowest BCUT2D eigenvalue weighted by atomic mass is 10.1. The van der Waals surface area contributed by atoms with E-state index in [2.05, 4.69) is 31.4 Å². The van der Waals surface area contributed by atoms with Crippen LogP contribution in [0.3, 0.4) is 0 Å². The molecule has 4 heteroatoms. The summed E-state index contributed by atoms with van der Waals surface area (Å²) in [5, 5.41) is 6.65. The van der Waals surface area contributed by atoms with Crippen LogP contribution in [0, 0.1) is 0 Å². The summed E-state index contributed by atoms with van der Waals surface area (Å²) in [6.07, 6.45) is 0. The zero-order valence-electron chi connectivity index (χ0n) is 12.4. The number of carbonyl (C=O) groups is 1. The molecule has 21 heavy (non-hydrogen) atoms. The highest BCUT2D eigenvalue weighted by atomic mass is 35.5. The fourth-order valence-corrected chi connectivity index (χ4v) is 2.14. The second-order valence-electron chi connectivity index (χ2n) is 5.89. The fraction of sp³-hybridized carbons (Fsp3) is 0.235. The topological polar surface area (TPSA) is 41.1 Å². The molecule has 2 aromatic carbocycles. The van der Waals surface area contributed by atoms with Crippen LogP contribution in [0.1, 0.15) is 31.1 Å². The number of nitrogens with one attached hydrogen (secondary N) is 2. The van der Waals surface area contributed by atoms with Gasteiger partial charge in [-0.05, 0) is 57.2 Å². The third kappa shape index (κ3) is 4.50. The lowest BCUT2D eigenvalue weighted by Crippen LogP contribution is -2.25. The van der Waals surface area contributed by atoms with E-state index in [-0.39, 0.29) is 11.4 Å². The molecule has 1 amide bonds. The smallest absolute Gasteiger partial charge is 0.257 e. The highest BCUT2D eigenvalue weighted by Crippen LogP contribution is 2.20. The Labute approximate surface area is 130 Å². The van der Waals surface area contributed by atoms with Gasteiger partial charge >= 0.3 is 0 Å². The first kappa shape index (κ1) is 15.4. The molecule has 2 rings (SSSR count). The maximum absolute atomic E-state index is 12.1. The Kier molecular flexibility index (Phi) is 4.53. The van der Waals surface area contributed by atoms with E-state index in [0.29, 0.717) is 10.6 Å². The van der Waals surface area contributed by atoms with Crippen LogP contribution in [0.15, 0.2) is 48.5 Å². The molecule has 0 aliphatic heterocycles. The third-order valence-corrected chi connectivity index (χ3v) is 3.11. The van der Waals surface area contributed by atoms with Gasteiger partial charge in [0.15, 0.2) is 0 Å². The Hall–Kier alpha value is -2.00. The molecule has 0 spiro atoms. The van der Waals surface area contributed by atoms with Crippen LogP contribution >= 0.6 is 11.6 Å². The van der Waals surface area contributed by atoms with Gasteiger partial charge in [-0.15, -0.1) is 0 Å². The Morgan fingerprint density at radius 2 is 1.52 bits per heavy atom. The summed E-state index contributed by atoms with van der Waals surface area (Å²) in [5.74, 6) is -0.211. The standard InChI is InChI=1S/C17H19ClN2O/c1-17(2,3)20-13-10-8-12(9-11-13)19-16(21)14-6-4-5-7-15(14)18/h4-11,20H,1-3H3,(H,19,21). The van der Waals surface area contributed by atoms with Crippen LogP contribution in [0.2, 0.25) is 5.02 Å². The van der Waals surface area contributed by atoms with Crippen LogP contribution in [-0.2, 0) is 0 Å². The molecule has 0 saturated heterocycles. The quantitative estimate of drug-likeness (QED) is 0.855. The van der Waals surface area contributed by atoms with Gasteiger partial charge in [0.05, 0.1) is 10.6 Å². The van der Waals surface area contributed by atoms with E-state index in [1.165, 1.54) is 0 Å². The van der Waals surface area contributed by atoms with Crippen LogP contribution in [0.25, 0.3) is 0 Å². The Balaban J connectivity index is 2.07. The minimum atomic E-state index is -0.211. The van der Waals surface area contributed by atoms with Gasteiger partial charge in [-0.2, -0.15) is 0 Å². The average molecular weight is 303 g/mol. The maximum Gasteiger partial charge on any atom is 0.257 e. The van der Waals surface area contributed by atoms with Crippen molar-refractivity contribution in [2.24, 2.45) is 0 Å². The summed E-state index contributed by atoms with van der Waals surface area (Å²) in [5.41, 5.74) is 2.22. The van der Waals surface area contributed by atoms with E-state index in [9.17, 15) is 4.79 Å². The molecule has 0 fully saturated rings. The third-order valence-electron chi connectivity index (χ3n) is 2.78. The van der Waals surface area contributed by atoms with Crippen LogP contribution in [0.5, 0.6) is 0 Å². The largest absolute Gasteiger partial charge is 0.380 e. The lowest BCUT2D eigenvalue weighted by molar-refractivity contribution is 0.102. The monoisotopic (exact) mass is 302 g/mol. The van der Waals surface area contributed by atoms with E-state index in [1.807, 2.05) is 24.3 Å². The second kappa shape index (κ2) is 6.19. The summed E-state index contributed by atoms with van der Waals surface area (Å²) in [6.45, 7) is 6.29. The van der Waals surface area contributed by atoms with E-state index in [4.69, 9.17) is 11.6 Å². The molecule has 0 atom stereocenters. The molecule has 0 saturated carbocycles. The first-order valence-corrected chi connectivity index (χ1v) is 7.17. The Morgan fingerprint density at radius 1 is 0.952 bits per heavy atom. The molecule has 0 aliphatic rings. The SMILES string of the molecule is CC(C)(C)Nc1ccc(NC(=O)c2ccccc2Cl)cc1. The molecular weight excluding hydrogens is 284 g/mol. The molecule has 0 aromatic heterocycles. The van der Waals surface area contributed by atoms with Gasteiger partial charge in [0.25, 0.3) is 5.91 Å². The number of rotatable bonds is 3. The zero-order valence-corrected chi connectivity index (χ0v) is 13.2. The van der Waals surface area contributed by atoms with Crippen molar-refractivity contribution in [3.63, 3.8) is 0 Å². The van der Waals surface area contributed by atoms with Crippen molar-refractivity contribution < 1.29 is 4.79 Å². The molecule has 0 radical (unpaired) electrons. The number of hydrogen-bond donors (Lipinski definition) is 2. The van der Waals surface area contributed by atoms with Crippen molar-refractivity contribution in [3.05, 3.63) is 59.1 Å². The summed E-state index contributed by atoms with van der Waals surface area (Å²) >= 11 is 6.01. The van der Waals surface area contributed by atoms with Gasteiger partial charge in [0.1, 0.15) is 0 Å². The van der Waals surface area contributed by atoms with Crippen molar-refractivity contribution in [1.29, 1.82) is 0 Å². The zero-order chi connectivity index (χ0) is 15.5. The first-order chi connectivity index (χ1) is 9.85. The molecular formula is C17H19ClN2O. The average Bonchev–Trinajstić information content (AvgIpc) is 2.40. The Bertz CT molecular complexity index is 630. The van der Waals surface area contributed by atoms with E-state index in [0.717, 1.165) is 11.4 Å². The first-order valence-electron chi connectivity index (χ1n) is 6.79. The van der Waals surface area contributed by atoms with Gasteiger partial charge in [-0.3, -0.25) is 4.79 Å². The minimum absolute atomic E-state index is 0.00231. The minimum Gasteiger partial charge on any atom is -0.380 e. The van der Waals surface area contributed by atoms with Crippen molar-refractivity contribution in [2.75, 3.05) is 10.6 Å². The molecule has 2 aromatic rings. The fourth-order valence-electron chi connectivity index (χ4n) is 1.91. The summed E-state index contributed by atoms with van der Waals surface area (Å²) < 4.78 is 0. The second-order valence-corrected chi connectivity index (χ2v) is 6.29. The molecule has 0 unspecified atom stereocenters. The van der Waals surface area contributed by atoms with Crippen molar-refractivity contribution >= 4 is 28.9 Å². The van der Waals surface area contributed by atoms with Crippen molar-refractivity contribution in [2.45, 2.75) is 26.3 Å². The maximum atomic E-state index is 12.1. The van der Waals surface area contributed by atoms with Crippen LogP contribution in [-0.4, -0.2) is 11.4 Å². The van der Waals surface area contributed by atoms with Gasteiger partial charge in [-0.1, -0.05) is 23.7 Å².